The van der Waals surface area contributed by atoms with Gasteiger partial charge < -0.3 is 14.5 Å². The number of fused-ring (bicyclic) bond motifs is 3. The van der Waals surface area contributed by atoms with Gasteiger partial charge in [0.25, 0.3) is 0 Å². The molecule has 0 saturated carbocycles. The normalized spacial score (nSPS) is 22.0. The van der Waals surface area contributed by atoms with Crippen molar-refractivity contribution in [3.05, 3.63) is 133 Å². The van der Waals surface area contributed by atoms with Crippen LogP contribution in [0.4, 0.5) is 11.4 Å². The van der Waals surface area contributed by atoms with Gasteiger partial charge in [-0.1, -0.05) is 36.4 Å². The topological polar surface area (TPSA) is 109 Å². The van der Waals surface area contributed by atoms with Crippen LogP contribution in [0.3, 0.4) is 0 Å². The number of aromatic amines is 1. The number of carbonyl (C=O) groups is 4. The molecule has 2 aliphatic heterocycles. The molecule has 1 unspecified atom stereocenters. The first-order valence-corrected chi connectivity index (χ1v) is 15.5. The average molecular weight is 624 g/mol. The highest BCUT2D eigenvalue weighted by molar-refractivity contribution is 6.24. The Labute approximate surface area is 270 Å². The zero-order valence-corrected chi connectivity index (χ0v) is 25.1. The van der Waals surface area contributed by atoms with Crippen LogP contribution in [0.5, 0.6) is 23.0 Å². The van der Waals surface area contributed by atoms with Gasteiger partial charge in [-0.3, -0.25) is 24.1 Å². The van der Waals surface area contributed by atoms with Gasteiger partial charge in [-0.05, 0) is 90.8 Å². The van der Waals surface area contributed by atoms with Gasteiger partial charge in [0.2, 0.25) is 23.6 Å². The molecule has 4 aromatic carbocycles. The van der Waals surface area contributed by atoms with Crippen molar-refractivity contribution in [1.29, 1.82) is 0 Å². The van der Waals surface area contributed by atoms with Crippen LogP contribution in [-0.2, 0) is 19.2 Å². The number of amides is 4. The summed E-state index contributed by atoms with van der Waals surface area (Å²) < 4.78 is 11.7. The molecule has 1 aliphatic carbocycles. The Bertz CT molecular complexity index is 1990. The third kappa shape index (κ3) is 4.96. The summed E-state index contributed by atoms with van der Waals surface area (Å²) in [4.78, 5) is 60.6. The lowest BCUT2D eigenvalue weighted by Crippen LogP contribution is -2.35. The average Bonchev–Trinajstić information content (AvgIpc) is 3.76. The molecule has 0 spiro atoms. The number of rotatable bonds is 7. The molecule has 1 N–H and O–H groups in total. The number of aromatic nitrogens is 1. The largest absolute Gasteiger partial charge is 0.457 e. The van der Waals surface area contributed by atoms with E-state index in [1.165, 1.54) is 9.80 Å². The van der Waals surface area contributed by atoms with Crippen molar-refractivity contribution in [2.24, 2.45) is 11.8 Å². The molecule has 8 rings (SSSR count). The maximum atomic E-state index is 13.9. The predicted octanol–water partition coefficient (Wildman–Crippen LogP) is 6.94. The number of para-hydroxylation sites is 2. The molecule has 47 heavy (non-hydrogen) atoms. The Balaban J connectivity index is 1.02. The fourth-order valence-corrected chi connectivity index (χ4v) is 7.13. The van der Waals surface area contributed by atoms with Gasteiger partial charge >= 0.3 is 0 Å². The lowest BCUT2D eigenvalue weighted by molar-refractivity contribution is -0.125. The highest BCUT2D eigenvalue weighted by Crippen LogP contribution is 2.52. The highest BCUT2D eigenvalue weighted by Gasteiger charge is 2.56. The molecule has 2 saturated heterocycles. The number of ether oxygens (including phenoxy) is 2. The second kappa shape index (κ2) is 11.4. The number of anilines is 2. The third-order valence-corrected chi connectivity index (χ3v) is 9.27. The number of hydrogen-bond acceptors (Lipinski definition) is 6. The summed E-state index contributed by atoms with van der Waals surface area (Å²) >= 11 is 0. The zero-order valence-electron chi connectivity index (χ0n) is 25.1. The first-order chi connectivity index (χ1) is 23.0. The quantitative estimate of drug-likeness (QED) is 0.197. The van der Waals surface area contributed by atoms with Crippen LogP contribution in [-0.4, -0.2) is 28.6 Å². The molecule has 5 aromatic rings. The summed E-state index contributed by atoms with van der Waals surface area (Å²) in [7, 11) is 0. The van der Waals surface area contributed by atoms with Gasteiger partial charge in [-0.15, -0.1) is 0 Å². The van der Waals surface area contributed by atoms with Gasteiger partial charge in [-0.25, -0.2) is 4.90 Å². The molecule has 232 valence electrons. The molecule has 4 amide bonds. The van der Waals surface area contributed by atoms with Crippen LogP contribution < -0.4 is 19.3 Å². The van der Waals surface area contributed by atoms with E-state index in [1.807, 2.05) is 66.7 Å². The summed E-state index contributed by atoms with van der Waals surface area (Å²) in [5, 5.41) is 0. The van der Waals surface area contributed by atoms with E-state index in [2.05, 4.69) is 4.98 Å². The van der Waals surface area contributed by atoms with E-state index in [4.69, 9.17) is 9.47 Å². The minimum absolute atomic E-state index is 0.0103. The molecular formula is C38H29N3O6. The van der Waals surface area contributed by atoms with Crippen LogP contribution in [0.2, 0.25) is 0 Å². The van der Waals surface area contributed by atoms with Crippen LogP contribution in [0.1, 0.15) is 35.9 Å². The predicted molar refractivity (Wildman–Crippen MR) is 173 cm³/mol. The van der Waals surface area contributed by atoms with Crippen molar-refractivity contribution in [2.45, 2.75) is 24.7 Å². The molecule has 3 aliphatic rings. The van der Waals surface area contributed by atoms with Gasteiger partial charge in [-0.2, -0.15) is 0 Å². The Kier molecular flexibility index (Phi) is 6.94. The molecule has 9 nitrogen and oxygen atoms in total. The second-order valence-corrected chi connectivity index (χ2v) is 12.0. The Morgan fingerprint density at radius 2 is 1.04 bits per heavy atom. The number of H-pyrrole nitrogens is 1. The fraction of sp³-hybridized carbons (Fsp3) is 0.158. The molecule has 1 aromatic heterocycles. The van der Waals surface area contributed by atoms with Gasteiger partial charge in [0.1, 0.15) is 23.0 Å². The van der Waals surface area contributed by atoms with Crippen molar-refractivity contribution in [3.63, 3.8) is 0 Å². The van der Waals surface area contributed by atoms with E-state index in [0.717, 1.165) is 5.69 Å². The molecule has 2 fully saturated rings. The molecule has 0 bridgehead atoms. The number of imide groups is 2. The highest BCUT2D eigenvalue weighted by atomic mass is 16.5. The first-order valence-electron chi connectivity index (χ1n) is 15.5. The summed E-state index contributed by atoms with van der Waals surface area (Å²) in [6.07, 6.45) is 2.02. The second-order valence-electron chi connectivity index (χ2n) is 12.0. The number of benzene rings is 4. The van der Waals surface area contributed by atoms with Crippen molar-refractivity contribution < 1.29 is 28.7 Å². The number of hydrogen-bond donors (Lipinski definition) is 1. The first kappa shape index (κ1) is 28.5. The van der Waals surface area contributed by atoms with Gasteiger partial charge in [0, 0.05) is 24.2 Å². The van der Waals surface area contributed by atoms with E-state index in [9.17, 15) is 19.2 Å². The Morgan fingerprint density at radius 3 is 1.62 bits per heavy atom. The van der Waals surface area contributed by atoms with Crippen molar-refractivity contribution in [2.75, 3.05) is 9.80 Å². The lowest BCUT2D eigenvalue weighted by atomic mass is 9.69. The van der Waals surface area contributed by atoms with E-state index in [1.54, 1.807) is 54.7 Å². The molecular weight excluding hydrogens is 594 g/mol. The lowest BCUT2D eigenvalue weighted by Gasteiger charge is -2.32. The number of carbonyl (C=O) groups excluding carboxylic acids is 4. The van der Waals surface area contributed by atoms with E-state index in [0.29, 0.717) is 39.9 Å². The minimum atomic E-state index is -0.674. The van der Waals surface area contributed by atoms with Gasteiger partial charge in [0.15, 0.2) is 0 Å². The summed E-state index contributed by atoms with van der Waals surface area (Å²) in [6, 6.07) is 34.2. The monoisotopic (exact) mass is 623 g/mol. The van der Waals surface area contributed by atoms with E-state index in [-0.39, 0.29) is 36.5 Å². The molecule has 3 heterocycles. The fourth-order valence-electron chi connectivity index (χ4n) is 7.13. The summed E-state index contributed by atoms with van der Waals surface area (Å²) in [5.41, 5.74) is 2.36. The Morgan fingerprint density at radius 1 is 0.532 bits per heavy atom. The van der Waals surface area contributed by atoms with E-state index < -0.39 is 23.7 Å². The zero-order chi connectivity index (χ0) is 32.1. The van der Waals surface area contributed by atoms with Crippen LogP contribution >= 0.6 is 0 Å². The minimum Gasteiger partial charge on any atom is -0.457 e. The van der Waals surface area contributed by atoms with Gasteiger partial charge in [0.05, 0.1) is 29.1 Å². The van der Waals surface area contributed by atoms with Crippen LogP contribution in [0.15, 0.2) is 121 Å². The van der Waals surface area contributed by atoms with Crippen molar-refractivity contribution in [3.8, 4) is 23.0 Å². The molecule has 9 heteroatoms. The van der Waals surface area contributed by atoms with Crippen molar-refractivity contribution >= 4 is 35.0 Å². The maximum absolute atomic E-state index is 13.9. The maximum Gasteiger partial charge on any atom is 0.242 e. The number of nitrogens with zero attached hydrogens (tertiary/aromatic N) is 2. The van der Waals surface area contributed by atoms with Crippen molar-refractivity contribution in [1.82, 2.24) is 4.98 Å². The summed E-state index contributed by atoms with van der Waals surface area (Å²) in [6.45, 7) is 0. The van der Waals surface area contributed by atoms with E-state index >= 15 is 0 Å². The SMILES string of the molecule is O=C1CC([C@@H]2C[C@@H]3C(=O)N(c4ccc(Oc5ccccc5)cc4)C(=O)[C@@H]3c3cc[nH]c32)C(=O)N1c1ccc(Oc2ccccc2)cc1. The van der Waals surface area contributed by atoms with Crippen LogP contribution in [0.25, 0.3) is 0 Å². The number of nitrogens with one attached hydrogen (secondary N) is 1. The molecule has 4 atom stereocenters. The molecule has 0 radical (unpaired) electrons. The summed E-state index contributed by atoms with van der Waals surface area (Å²) in [5.74, 6) is -1.14. The van der Waals surface area contributed by atoms with Crippen LogP contribution in [0, 0.1) is 11.8 Å². The Hall–Kier alpha value is -5.96. The standard InChI is InChI=1S/C38H29N3O6/c42-33-22-31(36(43)40(33)23-11-15-27(16-12-23)46-25-7-3-1-4-8-25)30-21-32-34(29-19-20-39-35(29)30)38(45)41(37(32)44)24-13-17-28(18-14-24)47-26-9-5-2-6-10-26/h1-20,30-32,34,39H,21-22H2/t30-,31?,32-,34+/m0/s1. The third-order valence-electron chi connectivity index (χ3n) is 9.27. The smallest absolute Gasteiger partial charge is 0.242 e.